The molecule has 2 aromatic carbocycles. The van der Waals surface area contributed by atoms with Gasteiger partial charge in [0, 0.05) is 25.3 Å². The summed E-state index contributed by atoms with van der Waals surface area (Å²) in [6.07, 6.45) is 3.82. The van der Waals surface area contributed by atoms with Crippen molar-refractivity contribution in [2.24, 2.45) is 0 Å². The van der Waals surface area contributed by atoms with Crippen LogP contribution in [0, 0.1) is 0 Å². The quantitative estimate of drug-likeness (QED) is 0.875. The molecule has 0 bridgehead atoms. The Balaban J connectivity index is 1.56. The summed E-state index contributed by atoms with van der Waals surface area (Å²) in [6, 6.07) is 17.4. The average Bonchev–Trinajstić information content (AvgIpc) is 2.62. The van der Waals surface area contributed by atoms with Crippen LogP contribution in [0.5, 0.6) is 0 Å². The van der Waals surface area contributed by atoms with Crippen molar-refractivity contribution in [3.05, 3.63) is 65.7 Å². The maximum Gasteiger partial charge on any atom is 0.216 e. The highest BCUT2D eigenvalue weighted by molar-refractivity contribution is 7.88. The highest BCUT2D eigenvalue weighted by Crippen LogP contribution is 2.20. The molecule has 0 amide bonds. The molecule has 0 saturated carbocycles. The van der Waals surface area contributed by atoms with Gasteiger partial charge in [0.05, 0.1) is 5.75 Å². The lowest BCUT2D eigenvalue weighted by atomic mass is 10.1. The molecule has 0 spiro atoms. The van der Waals surface area contributed by atoms with E-state index in [4.69, 9.17) is 0 Å². The molecule has 1 aliphatic rings. The van der Waals surface area contributed by atoms with Crippen molar-refractivity contribution in [1.29, 1.82) is 0 Å². The third-order valence-corrected chi connectivity index (χ3v) is 5.65. The molecular weight excluding hydrogens is 320 g/mol. The second-order valence-corrected chi connectivity index (χ2v) is 8.09. The summed E-state index contributed by atoms with van der Waals surface area (Å²) < 4.78 is 27.0. The van der Waals surface area contributed by atoms with Crippen LogP contribution in [0.1, 0.15) is 30.4 Å². The van der Waals surface area contributed by atoms with Crippen LogP contribution in [-0.2, 0) is 22.3 Å². The Morgan fingerprint density at radius 2 is 1.50 bits per heavy atom. The third-order valence-electron chi connectivity index (χ3n) is 4.35. The van der Waals surface area contributed by atoms with E-state index in [1.165, 1.54) is 24.9 Å². The molecule has 1 heterocycles. The van der Waals surface area contributed by atoms with Gasteiger partial charge in [0.25, 0.3) is 0 Å². The second kappa shape index (κ2) is 7.81. The van der Waals surface area contributed by atoms with Crippen LogP contribution in [0.3, 0.4) is 0 Å². The van der Waals surface area contributed by atoms with Crippen LogP contribution in [-0.4, -0.2) is 21.5 Å². The maximum absolute atomic E-state index is 12.2. The molecule has 128 valence electrons. The lowest BCUT2D eigenvalue weighted by molar-refractivity contribution is 0.577. The van der Waals surface area contributed by atoms with Gasteiger partial charge in [-0.1, -0.05) is 42.5 Å². The first-order valence-corrected chi connectivity index (χ1v) is 10.1. The van der Waals surface area contributed by atoms with Gasteiger partial charge in [0.15, 0.2) is 0 Å². The van der Waals surface area contributed by atoms with Crippen LogP contribution < -0.4 is 9.62 Å². The highest BCUT2D eigenvalue weighted by Gasteiger charge is 2.12. The molecular formula is C19H24N2O2S. The van der Waals surface area contributed by atoms with Crippen LogP contribution in [0.4, 0.5) is 5.69 Å². The Kier molecular flexibility index (Phi) is 5.53. The predicted octanol–water partition coefficient (Wildman–Crippen LogP) is 3.30. The lowest BCUT2D eigenvalue weighted by Crippen LogP contribution is -2.29. The van der Waals surface area contributed by atoms with Gasteiger partial charge in [-0.25, -0.2) is 13.1 Å². The Morgan fingerprint density at radius 3 is 2.17 bits per heavy atom. The van der Waals surface area contributed by atoms with E-state index in [0.717, 1.165) is 24.2 Å². The predicted molar refractivity (Wildman–Crippen MR) is 98.4 cm³/mol. The summed E-state index contributed by atoms with van der Waals surface area (Å²) in [4.78, 5) is 2.40. The molecule has 5 heteroatoms. The van der Waals surface area contributed by atoms with Crippen molar-refractivity contribution in [3.63, 3.8) is 0 Å². The van der Waals surface area contributed by atoms with E-state index in [0.29, 0.717) is 6.54 Å². The van der Waals surface area contributed by atoms with Crippen LogP contribution in [0.2, 0.25) is 0 Å². The van der Waals surface area contributed by atoms with E-state index in [1.54, 1.807) is 0 Å². The molecule has 0 unspecified atom stereocenters. The minimum atomic E-state index is -3.32. The number of rotatable bonds is 6. The molecule has 3 rings (SSSR count). The molecule has 1 N–H and O–H groups in total. The summed E-state index contributed by atoms with van der Waals surface area (Å²) in [7, 11) is -3.32. The summed E-state index contributed by atoms with van der Waals surface area (Å²) >= 11 is 0. The molecule has 0 radical (unpaired) electrons. The van der Waals surface area contributed by atoms with Crippen LogP contribution in [0.15, 0.2) is 54.6 Å². The summed E-state index contributed by atoms with van der Waals surface area (Å²) in [5, 5.41) is 0. The normalized spacial score (nSPS) is 15.4. The van der Waals surface area contributed by atoms with E-state index in [2.05, 4.69) is 21.8 Å². The fourth-order valence-electron chi connectivity index (χ4n) is 3.01. The number of nitrogens with zero attached hydrogens (tertiary/aromatic N) is 1. The van der Waals surface area contributed by atoms with Gasteiger partial charge in [-0.3, -0.25) is 0 Å². The second-order valence-electron chi connectivity index (χ2n) is 6.28. The van der Waals surface area contributed by atoms with E-state index in [9.17, 15) is 8.42 Å². The van der Waals surface area contributed by atoms with Crippen LogP contribution in [0.25, 0.3) is 0 Å². The van der Waals surface area contributed by atoms with E-state index in [1.807, 2.05) is 42.5 Å². The molecule has 1 saturated heterocycles. The van der Waals surface area contributed by atoms with Crippen molar-refractivity contribution >= 4 is 15.7 Å². The Bertz CT molecular complexity index is 737. The summed E-state index contributed by atoms with van der Waals surface area (Å²) in [6.45, 7) is 2.56. The summed E-state index contributed by atoms with van der Waals surface area (Å²) in [5.41, 5.74) is 3.00. The number of benzene rings is 2. The molecule has 24 heavy (non-hydrogen) atoms. The Labute approximate surface area is 144 Å². The fourth-order valence-corrected chi connectivity index (χ4v) is 4.13. The smallest absolute Gasteiger partial charge is 0.216 e. The van der Waals surface area contributed by atoms with Gasteiger partial charge < -0.3 is 4.90 Å². The van der Waals surface area contributed by atoms with E-state index >= 15 is 0 Å². The van der Waals surface area contributed by atoms with Gasteiger partial charge >= 0.3 is 0 Å². The van der Waals surface area contributed by atoms with Crippen molar-refractivity contribution in [3.8, 4) is 0 Å². The Hall–Kier alpha value is -1.85. The highest BCUT2D eigenvalue weighted by atomic mass is 32.2. The van der Waals surface area contributed by atoms with Crippen molar-refractivity contribution in [2.45, 2.75) is 31.6 Å². The fraction of sp³-hybridized carbons (Fsp3) is 0.368. The molecule has 1 fully saturated rings. The molecule has 4 nitrogen and oxygen atoms in total. The minimum absolute atomic E-state index is 0.0136. The number of anilines is 1. The van der Waals surface area contributed by atoms with E-state index < -0.39 is 10.0 Å². The maximum atomic E-state index is 12.2. The molecule has 0 aliphatic carbocycles. The van der Waals surface area contributed by atoms with E-state index in [-0.39, 0.29) is 5.75 Å². The van der Waals surface area contributed by atoms with Gasteiger partial charge in [-0.15, -0.1) is 0 Å². The molecule has 2 aromatic rings. The number of piperidine rings is 1. The number of sulfonamides is 1. The van der Waals surface area contributed by atoms with Crippen molar-refractivity contribution in [1.82, 2.24) is 4.72 Å². The zero-order chi connectivity index (χ0) is 16.8. The molecule has 1 aliphatic heterocycles. The van der Waals surface area contributed by atoms with Crippen molar-refractivity contribution in [2.75, 3.05) is 18.0 Å². The van der Waals surface area contributed by atoms with Gasteiger partial charge in [0.1, 0.15) is 0 Å². The van der Waals surface area contributed by atoms with Gasteiger partial charge in [-0.2, -0.15) is 0 Å². The lowest BCUT2D eigenvalue weighted by Gasteiger charge is -2.28. The average molecular weight is 344 g/mol. The Morgan fingerprint density at radius 1 is 0.833 bits per heavy atom. The monoisotopic (exact) mass is 344 g/mol. The van der Waals surface area contributed by atoms with Gasteiger partial charge in [-0.05, 0) is 42.5 Å². The first kappa shape index (κ1) is 17.0. The standard InChI is InChI=1S/C19H24N2O2S/c22-24(23,16-18-7-3-1-4-8-18)20-15-17-9-11-19(12-10-17)21-13-5-2-6-14-21/h1,3-4,7-12,20H,2,5-6,13-16H2. The van der Waals surface area contributed by atoms with Crippen molar-refractivity contribution < 1.29 is 8.42 Å². The molecule has 0 atom stereocenters. The SMILES string of the molecule is O=S(=O)(Cc1ccccc1)NCc1ccc(N2CCCCC2)cc1. The minimum Gasteiger partial charge on any atom is -0.372 e. The molecule has 0 aromatic heterocycles. The zero-order valence-electron chi connectivity index (χ0n) is 13.8. The zero-order valence-corrected chi connectivity index (χ0v) is 14.6. The number of nitrogens with one attached hydrogen (secondary N) is 1. The van der Waals surface area contributed by atoms with Gasteiger partial charge in [0.2, 0.25) is 10.0 Å². The first-order chi connectivity index (χ1) is 11.6. The summed E-state index contributed by atoms with van der Waals surface area (Å²) in [5.74, 6) is 0.0136. The topological polar surface area (TPSA) is 49.4 Å². The largest absolute Gasteiger partial charge is 0.372 e. The third kappa shape index (κ3) is 4.82. The number of hydrogen-bond donors (Lipinski definition) is 1. The first-order valence-electron chi connectivity index (χ1n) is 8.47. The number of hydrogen-bond acceptors (Lipinski definition) is 3. The van der Waals surface area contributed by atoms with Crippen LogP contribution >= 0.6 is 0 Å².